The highest BCUT2D eigenvalue weighted by Gasteiger charge is 2.44. The summed E-state index contributed by atoms with van der Waals surface area (Å²) in [6.45, 7) is 2.63. The minimum atomic E-state index is -4.62. The van der Waals surface area contributed by atoms with Gasteiger partial charge in [-0.1, -0.05) is 18.7 Å². The Balaban J connectivity index is 4.55. The molecular formula is C8H11F3O2S. The van der Waals surface area contributed by atoms with E-state index in [9.17, 15) is 22.8 Å². The maximum atomic E-state index is 12.3. The Labute approximate surface area is 84.2 Å². The Morgan fingerprint density at radius 2 is 1.86 bits per heavy atom. The second kappa shape index (κ2) is 5.38. The Kier molecular flexibility index (Phi) is 5.18. The minimum absolute atomic E-state index is 0.281. The zero-order valence-corrected chi connectivity index (χ0v) is 8.67. The lowest BCUT2D eigenvalue weighted by Gasteiger charge is -2.16. The summed E-state index contributed by atoms with van der Waals surface area (Å²) in [6.07, 6.45) is -5.37. The minimum Gasteiger partial charge on any atom is -0.300 e. The fraction of sp³-hybridized carbons (Fsp3) is 0.750. The summed E-state index contributed by atoms with van der Waals surface area (Å²) in [7, 11) is 0. The molecule has 1 unspecified atom stereocenters. The average molecular weight is 228 g/mol. The Hall–Kier alpha value is -0.520. The molecule has 0 heterocycles. The summed E-state index contributed by atoms with van der Waals surface area (Å²) < 4.78 is 36.8. The number of ketones is 1. The summed E-state index contributed by atoms with van der Waals surface area (Å²) in [5.74, 6) is -2.49. The highest BCUT2D eigenvalue weighted by molar-refractivity contribution is 8.13. The van der Waals surface area contributed by atoms with Crippen LogP contribution in [0.2, 0.25) is 0 Å². The molecule has 0 fully saturated rings. The van der Waals surface area contributed by atoms with Gasteiger partial charge in [-0.05, 0) is 12.7 Å². The largest absolute Gasteiger partial charge is 0.399 e. The molecule has 0 aliphatic rings. The van der Waals surface area contributed by atoms with E-state index in [2.05, 4.69) is 0 Å². The van der Waals surface area contributed by atoms with Crippen LogP contribution in [0.1, 0.15) is 20.3 Å². The first kappa shape index (κ1) is 13.5. The third-order valence-corrected chi connectivity index (χ3v) is 2.32. The van der Waals surface area contributed by atoms with Crippen molar-refractivity contribution >= 4 is 22.7 Å². The summed E-state index contributed by atoms with van der Waals surface area (Å²) in [5.41, 5.74) is 0. The number of hydrogen-bond donors (Lipinski definition) is 0. The van der Waals surface area contributed by atoms with Gasteiger partial charge in [0.15, 0.2) is 0 Å². The quantitative estimate of drug-likeness (QED) is 0.741. The molecule has 14 heavy (non-hydrogen) atoms. The van der Waals surface area contributed by atoms with Crippen LogP contribution in [0.3, 0.4) is 0 Å². The zero-order chi connectivity index (χ0) is 11.4. The highest BCUT2D eigenvalue weighted by Crippen LogP contribution is 2.32. The lowest BCUT2D eigenvalue weighted by atomic mass is 10.0. The van der Waals surface area contributed by atoms with Crippen molar-refractivity contribution in [2.75, 3.05) is 5.75 Å². The standard InChI is InChI=1S/C8H11F3O2S/c1-3-14-7(13)6(4-5(2)12)8(9,10)11/h6H,3-4H2,1-2H3. The summed E-state index contributed by atoms with van der Waals surface area (Å²) in [4.78, 5) is 21.6. The molecule has 0 saturated heterocycles. The fourth-order valence-electron chi connectivity index (χ4n) is 0.863. The monoisotopic (exact) mass is 228 g/mol. The summed E-state index contributed by atoms with van der Waals surface area (Å²) >= 11 is 0.597. The molecule has 0 spiro atoms. The first-order valence-corrected chi connectivity index (χ1v) is 5.00. The van der Waals surface area contributed by atoms with Crippen LogP contribution in [0, 0.1) is 5.92 Å². The van der Waals surface area contributed by atoms with Crippen molar-refractivity contribution in [3.63, 3.8) is 0 Å². The second-order valence-electron chi connectivity index (χ2n) is 2.75. The molecule has 2 nitrogen and oxygen atoms in total. The topological polar surface area (TPSA) is 34.1 Å². The molecule has 0 radical (unpaired) electrons. The van der Waals surface area contributed by atoms with Crippen LogP contribution in [-0.4, -0.2) is 22.8 Å². The fourth-order valence-corrected chi connectivity index (χ4v) is 1.57. The number of rotatable bonds is 4. The van der Waals surface area contributed by atoms with Gasteiger partial charge in [-0.15, -0.1) is 0 Å². The van der Waals surface area contributed by atoms with Gasteiger partial charge in [-0.2, -0.15) is 13.2 Å². The number of carbonyl (C=O) groups is 2. The molecule has 0 aliphatic heterocycles. The smallest absolute Gasteiger partial charge is 0.300 e. The lowest BCUT2D eigenvalue weighted by molar-refractivity contribution is -0.179. The first-order chi connectivity index (χ1) is 6.29. The van der Waals surface area contributed by atoms with Gasteiger partial charge >= 0.3 is 6.18 Å². The molecular weight excluding hydrogens is 217 g/mol. The van der Waals surface area contributed by atoms with Gasteiger partial charge in [-0.25, -0.2) is 0 Å². The van der Waals surface area contributed by atoms with Crippen LogP contribution >= 0.6 is 11.8 Å². The molecule has 1 atom stereocenters. The Bertz CT molecular complexity index is 225. The number of hydrogen-bond acceptors (Lipinski definition) is 3. The van der Waals surface area contributed by atoms with E-state index in [0.29, 0.717) is 11.8 Å². The second-order valence-corrected chi connectivity index (χ2v) is 4.02. The molecule has 0 aromatic heterocycles. The van der Waals surface area contributed by atoms with Crippen molar-refractivity contribution in [2.24, 2.45) is 5.92 Å². The van der Waals surface area contributed by atoms with Crippen LogP contribution in [0.25, 0.3) is 0 Å². The molecule has 0 amide bonds. The number of alkyl halides is 3. The maximum Gasteiger partial charge on any atom is 0.399 e. The van der Waals surface area contributed by atoms with Gasteiger partial charge < -0.3 is 0 Å². The zero-order valence-electron chi connectivity index (χ0n) is 7.85. The van der Waals surface area contributed by atoms with Gasteiger partial charge in [0.2, 0.25) is 5.12 Å². The number of thioether (sulfide) groups is 1. The molecule has 82 valence electrons. The van der Waals surface area contributed by atoms with E-state index in [4.69, 9.17) is 0 Å². The predicted octanol–water partition coefficient (Wildman–Crippen LogP) is 2.42. The van der Waals surface area contributed by atoms with Crippen LogP contribution in [0.5, 0.6) is 0 Å². The van der Waals surface area contributed by atoms with Gasteiger partial charge in [-0.3, -0.25) is 9.59 Å². The van der Waals surface area contributed by atoms with Crippen molar-refractivity contribution in [3.05, 3.63) is 0 Å². The Morgan fingerprint density at radius 1 is 1.36 bits per heavy atom. The van der Waals surface area contributed by atoms with E-state index in [0.717, 1.165) is 6.92 Å². The van der Waals surface area contributed by atoms with Crippen molar-refractivity contribution in [1.82, 2.24) is 0 Å². The average Bonchev–Trinajstić information content (AvgIpc) is 1.98. The van der Waals surface area contributed by atoms with E-state index in [1.165, 1.54) is 0 Å². The van der Waals surface area contributed by atoms with Gasteiger partial charge in [0.25, 0.3) is 0 Å². The molecule has 6 heteroatoms. The normalized spacial score (nSPS) is 13.8. The maximum absolute atomic E-state index is 12.3. The lowest BCUT2D eigenvalue weighted by Crippen LogP contribution is -2.30. The van der Waals surface area contributed by atoms with Crippen LogP contribution < -0.4 is 0 Å². The molecule has 0 aromatic rings. The van der Waals surface area contributed by atoms with Gasteiger partial charge in [0.1, 0.15) is 11.7 Å². The van der Waals surface area contributed by atoms with Gasteiger partial charge in [0.05, 0.1) is 0 Å². The number of carbonyl (C=O) groups excluding carboxylic acids is 2. The SMILES string of the molecule is CCSC(=O)C(CC(C)=O)C(F)(F)F. The molecule has 0 aromatic carbocycles. The summed E-state index contributed by atoms with van der Waals surface area (Å²) in [5, 5.41) is -0.977. The van der Waals surface area contributed by atoms with Crippen LogP contribution in [0.4, 0.5) is 13.2 Å². The van der Waals surface area contributed by atoms with Crippen molar-refractivity contribution < 1.29 is 22.8 Å². The van der Waals surface area contributed by atoms with E-state index >= 15 is 0 Å². The molecule has 0 aliphatic carbocycles. The number of halogens is 3. The predicted molar refractivity (Wildman–Crippen MR) is 48.0 cm³/mol. The van der Waals surface area contributed by atoms with E-state index in [1.54, 1.807) is 6.92 Å². The van der Waals surface area contributed by atoms with E-state index in [1.807, 2.05) is 0 Å². The highest BCUT2D eigenvalue weighted by atomic mass is 32.2. The third-order valence-electron chi connectivity index (χ3n) is 1.46. The first-order valence-electron chi connectivity index (χ1n) is 4.01. The van der Waals surface area contributed by atoms with E-state index in [-0.39, 0.29) is 5.75 Å². The van der Waals surface area contributed by atoms with Crippen molar-refractivity contribution in [2.45, 2.75) is 26.4 Å². The van der Waals surface area contributed by atoms with Crippen LogP contribution in [0.15, 0.2) is 0 Å². The summed E-state index contributed by atoms with van der Waals surface area (Å²) in [6, 6.07) is 0. The molecule has 0 saturated carbocycles. The van der Waals surface area contributed by atoms with E-state index < -0.39 is 29.4 Å². The molecule has 0 N–H and O–H groups in total. The third kappa shape index (κ3) is 4.64. The van der Waals surface area contributed by atoms with Crippen molar-refractivity contribution in [3.8, 4) is 0 Å². The Morgan fingerprint density at radius 3 is 2.14 bits per heavy atom. The van der Waals surface area contributed by atoms with Crippen molar-refractivity contribution in [1.29, 1.82) is 0 Å². The van der Waals surface area contributed by atoms with Gasteiger partial charge in [0, 0.05) is 6.42 Å². The molecule has 0 bridgehead atoms. The van der Waals surface area contributed by atoms with Crippen LogP contribution in [-0.2, 0) is 9.59 Å². The molecule has 0 rings (SSSR count). The number of Topliss-reactive ketones (excluding diaryl/α,β-unsaturated/α-hetero) is 1.